The van der Waals surface area contributed by atoms with E-state index < -0.39 is 0 Å². The Hall–Kier alpha value is -0.720. The van der Waals surface area contributed by atoms with Crippen LogP contribution in [0.25, 0.3) is 9.88 Å². The fourth-order valence-corrected chi connectivity index (χ4v) is 5.20. The van der Waals surface area contributed by atoms with Crippen LogP contribution < -0.4 is 0 Å². The van der Waals surface area contributed by atoms with Gasteiger partial charge in [0, 0.05) is 28.3 Å². The lowest BCUT2D eigenvalue weighted by atomic mass is 9.92. The first kappa shape index (κ1) is 15.2. The number of thiophene rings is 1. The number of aromatic nitrogens is 1. The first-order valence-electron chi connectivity index (χ1n) is 7.02. The van der Waals surface area contributed by atoms with Crippen molar-refractivity contribution in [3.05, 3.63) is 27.0 Å². The van der Waals surface area contributed by atoms with Crippen LogP contribution >= 0.6 is 38.6 Å². The summed E-state index contributed by atoms with van der Waals surface area (Å²) in [5.41, 5.74) is 0.584. The van der Waals surface area contributed by atoms with Crippen molar-refractivity contribution in [2.75, 3.05) is 13.1 Å². The minimum absolute atomic E-state index is 0.0755. The van der Waals surface area contributed by atoms with Gasteiger partial charge in [-0.05, 0) is 40.3 Å². The van der Waals surface area contributed by atoms with Gasteiger partial charge in [-0.1, -0.05) is 13.8 Å². The molecule has 0 unspecified atom stereocenters. The first-order valence-corrected chi connectivity index (χ1v) is 9.57. The van der Waals surface area contributed by atoms with Crippen LogP contribution in [0, 0.1) is 11.8 Å². The lowest BCUT2D eigenvalue weighted by Gasteiger charge is -2.34. The maximum atomic E-state index is 12.6. The summed E-state index contributed by atoms with van der Waals surface area (Å²) in [6, 6.07) is 2.04. The number of nitrogens with zero attached hydrogens (tertiary/aromatic N) is 2. The Kier molecular flexibility index (Phi) is 4.47. The van der Waals surface area contributed by atoms with Crippen LogP contribution in [-0.2, 0) is 0 Å². The normalized spacial score (nSPS) is 22.5. The molecule has 21 heavy (non-hydrogen) atoms. The van der Waals surface area contributed by atoms with E-state index in [1.807, 2.05) is 21.7 Å². The van der Waals surface area contributed by atoms with Crippen molar-refractivity contribution in [1.29, 1.82) is 0 Å². The molecule has 0 radical (unpaired) electrons. The molecule has 0 aliphatic carbocycles. The zero-order valence-electron chi connectivity index (χ0n) is 12.0. The number of hydrogen-bond donors (Lipinski definition) is 0. The molecule has 3 rings (SSSR count). The number of piperidine rings is 1. The Morgan fingerprint density at radius 1 is 1.29 bits per heavy atom. The molecule has 0 bridgehead atoms. The summed E-state index contributed by atoms with van der Waals surface area (Å²) in [5.74, 6) is 1.22. The number of carbonyl (C=O) groups is 1. The summed E-state index contributed by atoms with van der Waals surface area (Å²) in [5, 5.41) is 4.84. The summed E-state index contributed by atoms with van der Waals surface area (Å²) < 4.78 is 1.06. The van der Waals surface area contributed by atoms with Gasteiger partial charge in [0.15, 0.2) is 0 Å². The van der Waals surface area contributed by atoms with E-state index in [9.17, 15) is 4.79 Å². The van der Waals surface area contributed by atoms with Crippen molar-refractivity contribution in [1.82, 2.24) is 9.88 Å². The van der Waals surface area contributed by atoms with Crippen molar-refractivity contribution < 1.29 is 4.79 Å². The molecule has 1 amide bonds. The SMILES string of the molecule is C[C@@H]1C[C@H](C)CN(C(=O)c2csc(-c3cc(Br)cs3)n2)C1. The van der Waals surface area contributed by atoms with Gasteiger partial charge < -0.3 is 4.90 Å². The molecule has 3 heterocycles. The topological polar surface area (TPSA) is 33.2 Å². The second-order valence-corrected chi connectivity index (χ2v) is 8.51. The van der Waals surface area contributed by atoms with Gasteiger partial charge in [-0.2, -0.15) is 0 Å². The largest absolute Gasteiger partial charge is 0.337 e. The van der Waals surface area contributed by atoms with Crippen LogP contribution in [0.4, 0.5) is 0 Å². The van der Waals surface area contributed by atoms with Gasteiger partial charge in [-0.15, -0.1) is 22.7 Å². The summed E-state index contributed by atoms with van der Waals surface area (Å²) >= 11 is 6.63. The van der Waals surface area contributed by atoms with Gasteiger partial charge in [-0.3, -0.25) is 4.79 Å². The van der Waals surface area contributed by atoms with E-state index in [0.29, 0.717) is 17.5 Å². The van der Waals surface area contributed by atoms with E-state index in [0.717, 1.165) is 27.4 Å². The molecule has 1 aliphatic rings. The highest BCUT2D eigenvalue weighted by Crippen LogP contribution is 2.32. The second-order valence-electron chi connectivity index (χ2n) is 5.82. The van der Waals surface area contributed by atoms with E-state index >= 15 is 0 Å². The van der Waals surface area contributed by atoms with Gasteiger partial charge >= 0.3 is 0 Å². The van der Waals surface area contributed by atoms with Crippen molar-refractivity contribution >= 4 is 44.5 Å². The zero-order chi connectivity index (χ0) is 15.0. The third kappa shape index (κ3) is 3.38. The summed E-state index contributed by atoms with van der Waals surface area (Å²) in [6.45, 7) is 6.12. The van der Waals surface area contributed by atoms with E-state index in [1.54, 1.807) is 22.7 Å². The molecular formula is C15H17BrN2OS2. The predicted molar refractivity (Wildman–Crippen MR) is 92.0 cm³/mol. The predicted octanol–water partition coefficient (Wildman–Crippen LogP) is 4.75. The summed E-state index contributed by atoms with van der Waals surface area (Å²) in [6.07, 6.45) is 1.20. The number of halogens is 1. The lowest BCUT2D eigenvalue weighted by molar-refractivity contribution is 0.0618. The fourth-order valence-electron chi connectivity index (χ4n) is 2.90. The third-order valence-corrected chi connectivity index (χ3v) is 6.36. The highest BCUT2D eigenvalue weighted by molar-refractivity contribution is 9.10. The molecule has 2 atom stereocenters. The van der Waals surface area contributed by atoms with Crippen LogP contribution in [0.3, 0.4) is 0 Å². The number of rotatable bonds is 2. The number of thiazole rings is 1. The molecule has 2 aromatic rings. The number of amides is 1. The quantitative estimate of drug-likeness (QED) is 0.747. The van der Waals surface area contributed by atoms with E-state index in [2.05, 4.69) is 34.8 Å². The van der Waals surface area contributed by atoms with Gasteiger partial charge in [0.2, 0.25) is 0 Å². The molecule has 3 nitrogen and oxygen atoms in total. The Morgan fingerprint density at radius 2 is 2.00 bits per heavy atom. The Bertz CT molecular complexity index is 642. The minimum atomic E-state index is 0.0755. The van der Waals surface area contributed by atoms with E-state index in [4.69, 9.17) is 0 Å². The van der Waals surface area contributed by atoms with Gasteiger partial charge in [-0.25, -0.2) is 4.98 Å². The minimum Gasteiger partial charge on any atom is -0.337 e. The summed E-state index contributed by atoms with van der Waals surface area (Å²) in [7, 11) is 0. The Morgan fingerprint density at radius 3 is 2.62 bits per heavy atom. The highest BCUT2D eigenvalue weighted by atomic mass is 79.9. The molecule has 0 spiro atoms. The van der Waals surface area contributed by atoms with Gasteiger partial charge in [0.1, 0.15) is 10.7 Å². The van der Waals surface area contributed by atoms with E-state index in [1.165, 1.54) is 6.42 Å². The van der Waals surface area contributed by atoms with Crippen molar-refractivity contribution in [3.63, 3.8) is 0 Å². The second kappa shape index (κ2) is 6.18. The number of carbonyl (C=O) groups excluding carboxylic acids is 1. The molecule has 1 saturated heterocycles. The van der Waals surface area contributed by atoms with Crippen molar-refractivity contribution in [3.8, 4) is 9.88 Å². The van der Waals surface area contributed by atoms with Crippen molar-refractivity contribution in [2.24, 2.45) is 11.8 Å². The van der Waals surface area contributed by atoms with Gasteiger partial charge in [0.05, 0.1) is 4.88 Å². The van der Waals surface area contributed by atoms with Crippen LogP contribution in [0.15, 0.2) is 21.3 Å². The maximum Gasteiger partial charge on any atom is 0.273 e. The first-order chi connectivity index (χ1) is 10.0. The average molecular weight is 385 g/mol. The summed E-state index contributed by atoms with van der Waals surface area (Å²) in [4.78, 5) is 20.2. The molecule has 1 fully saturated rings. The van der Waals surface area contributed by atoms with Crippen LogP contribution in [0.1, 0.15) is 30.8 Å². The molecule has 0 saturated carbocycles. The molecule has 0 aromatic carbocycles. The fraction of sp³-hybridized carbons (Fsp3) is 0.467. The Balaban J connectivity index is 1.78. The third-order valence-electron chi connectivity index (χ3n) is 3.66. The monoisotopic (exact) mass is 384 g/mol. The van der Waals surface area contributed by atoms with Crippen LogP contribution in [0.2, 0.25) is 0 Å². The lowest BCUT2D eigenvalue weighted by Crippen LogP contribution is -2.42. The van der Waals surface area contributed by atoms with Gasteiger partial charge in [0.25, 0.3) is 5.91 Å². The Labute approximate surface area is 141 Å². The smallest absolute Gasteiger partial charge is 0.273 e. The molecule has 112 valence electrons. The molecule has 0 N–H and O–H groups in total. The van der Waals surface area contributed by atoms with Crippen LogP contribution in [0.5, 0.6) is 0 Å². The maximum absolute atomic E-state index is 12.6. The highest BCUT2D eigenvalue weighted by Gasteiger charge is 2.27. The number of hydrogen-bond acceptors (Lipinski definition) is 4. The molecule has 1 aliphatic heterocycles. The zero-order valence-corrected chi connectivity index (χ0v) is 15.2. The van der Waals surface area contributed by atoms with Crippen molar-refractivity contribution in [2.45, 2.75) is 20.3 Å². The molecular weight excluding hydrogens is 368 g/mol. The average Bonchev–Trinajstić information content (AvgIpc) is 3.05. The molecule has 6 heteroatoms. The standard InChI is InChI=1S/C15H17BrN2OS2/c1-9-3-10(2)6-18(5-9)15(19)12-8-21-14(17-12)13-4-11(16)7-20-13/h4,7-10H,3,5-6H2,1-2H3/t9-,10+. The molecule has 2 aromatic heterocycles. The van der Waals surface area contributed by atoms with Crippen LogP contribution in [-0.4, -0.2) is 28.9 Å². The van der Waals surface area contributed by atoms with E-state index in [-0.39, 0.29) is 5.91 Å². The number of likely N-dealkylation sites (tertiary alicyclic amines) is 1.